The Hall–Kier alpha value is -1.71. The molecule has 0 radical (unpaired) electrons. The second-order valence-electron chi connectivity index (χ2n) is 4.90. The van der Waals surface area contributed by atoms with E-state index in [4.69, 9.17) is 16.0 Å². The van der Waals surface area contributed by atoms with E-state index in [-0.39, 0.29) is 6.04 Å². The van der Waals surface area contributed by atoms with E-state index in [1.165, 1.54) is 10.9 Å². The van der Waals surface area contributed by atoms with E-state index < -0.39 is 0 Å². The Balaban J connectivity index is 1.64. The van der Waals surface area contributed by atoms with Gasteiger partial charge in [0.15, 0.2) is 0 Å². The molecule has 104 valence electrons. The van der Waals surface area contributed by atoms with Gasteiger partial charge in [-0.3, -0.25) is 0 Å². The van der Waals surface area contributed by atoms with Crippen molar-refractivity contribution < 1.29 is 4.42 Å². The fraction of sp³-hybridized carbons (Fsp3) is 0.250. The molecule has 3 rings (SSSR count). The van der Waals surface area contributed by atoms with E-state index in [9.17, 15) is 0 Å². The zero-order valence-electron chi connectivity index (χ0n) is 11.3. The second-order valence-corrected chi connectivity index (χ2v) is 5.34. The first kappa shape index (κ1) is 13.3. The summed E-state index contributed by atoms with van der Waals surface area (Å²) in [5, 5.41) is 5.44. The summed E-state index contributed by atoms with van der Waals surface area (Å²) in [6.45, 7) is 3.87. The summed E-state index contributed by atoms with van der Waals surface area (Å²) in [7, 11) is 0. The predicted octanol–water partition coefficient (Wildman–Crippen LogP) is 4.24. The number of benzene rings is 1. The summed E-state index contributed by atoms with van der Waals surface area (Å²) < 4.78 is 7.59. The highest BCUT2D eigenvalue weighted by Crippen LogP contribution is 2.20. The number of aromatic nitrogens is 1. The SMILES string of the molecule is CC(NCCn1ccc2ccc(Cl)cc21)c1ccco1. The van der Waals surface area contributed by atoms with Crippen LogP contribution >= 0.6 is 11.6 Å². The summed E-state index contributed by atoms with van der Waals surface area (Å²) in [5.41, 5.74) is 1.17. The van der Waals surface area contributed by atoms with E-state index in [2.05, 4.69) is 29.1 Å². The summed E-state index contributed by atoms with van der Waals surface area (Å²) in [5.74, 6) is 0.963. The van der Waals surface area contributed by atoms with E-state index in [0.717, 1.165) is 23.9 Å². The van der Waals surface area contributed by atoms with Crippen LogP contribution in [0.3, 0.4) is 0 Å². The lowest BCUT2D eigenvalue weighted by Gasteiger charge is -2.12. The minimum Gasteiger partial charge on any atom is -0.468 e. The molecule has 3 aromatic rings. The van der Waals surface area contributed by atoms with Gasteiger partial charge in [-0.2, -0.15) is 0 Å². The lowest BCUT2D eigenvalue weighted by Crippen LogP contribution is -2.22. The molecule has 3 nitrogen and oxygen atoms in total. The minimum absolute atomic E-state index is 0.218. The zero-order valence-corrected chi connectivity index (χ0v) is 12.1. The third-order valence-electron chi connectivity index (χ3n) is 3.51. The fourth-order valence-corrected chi connectivity index (χ4v) is 2.56. The van der Waals surface area contributed by atoms with Gasteiger partial charge in [0.25, 0.3) is 0 Å². The predicted molar refractivity (Wildman–Crippen MR) is 82.1 cm³/mol. The van der Waals surface area contributed by atoms with E-state index in [0.29, 0.717) is 0 Å². The van der Waals surface area contributed by atoms with Crippen LogP contribution < -0.4 is 5.32 Å². The molecule has 2 aromatic heterocycles. The Labute approximate surface area is 123 Å². The maximum Gasteiger partial charge on any atom is 0.120 e. The Morgan fingerprint density at radius 1 is 1.30 bits per heavy atom. The first-order valence-corrected chi connectivity index (χ1v) is 7.13. The zero-order chi connectivity index (χ0) is 13.9. The summed E-state index contributed by atoms with van der Waals surface area (Å²) in [4.78, 5) is 0. The first-order chi connectivity index (χ1) is 9.74. The molecule has 2 heterocycles. The standard InChI is InChI=1S/C16H17ClN2O/c1-12(16-3-2-10-20-16)18-7-9-19-8-6-13-4-5-14(17)11-15(13)19/h2-6,8,10-12,18H,7,9H2,1H3. The molecule has 1 aromatic carbocycles. The number of hydrogen-bond donors (Lipinski definition) is 1. The normalized spacial score (nSPS) is 12.9. The largest absolute Gasteiger partial charge is 0.468 e. The van der Waals surface area contributed by atoms with E-state index >= 15 is 0 Å². The van der Waals surface area contributed by atoms with Crippen molar-refractivity contribution in [1.29, 1.82) is 0 Å². The van der Waals surface area contributed by atoms with Crippen molar-refractivity contribution in [2.75, 3.05) is 6.54 Å². The Bertz CT molecular complexity index is 688. The molecule has 0 aliphatic rings. The third-order valence-corrected chi connectivity index (χ3v) is 3.74. The molecular weight excluding hydrogens is 272 g/mol. The smallest absolute Gasteiger partial charge is 0.120 e. The summed E-state index contributed by atoms with van der Waals surface area (Å²) in [6, 6.07) is 12.2. The second kappa shape index (κ2) is 5.73. The van der Waals surface area contributed by atoms with Crippen molar-refractivity contribution in [3.8, 4) is 0 Å². The number of furan rings is 1. The molecule has 0 fully saturated rings. The third kappa shape index (κ3) is 2.74. The lowest BCUT2D eigenvalue weighted by molar-refractivity contribution is 0.425. The van der Waals surface area contributed by atoms with Crippen LogP contribution in [0.4, 0.5) is 0 Å². The molecule has 0 aliphatic carbocycles. The van der Waals surface area contributed by atoms with Gasteiger partial charge in [0.05, 0.1) is 12.3 Å². The molecule has 0 aliphatic heterocycles. The maximum atomic E-state index is 6.06. The molecule has 4 heteroatoms. The number of fused-ring (bicyclic) bond motifs is 1. The van der Waals surface area contributed by atoms with E-state index in [1.807, 2.05) is 30.3 Å². The lowest BCUT2D eigenvalue weighted by atomic mass is 10.2. The van der Waals surface area contributed by atoms with Crippen LogP contribution in [0.2, 0.25) is 5.02 Å². The molecule has 1 N–H and O–H groups in total. The van der Waals surface area contributed by atoms with Gasteiger partial charge in [0.2, 0.25) is 0 Å². The van der Waals surface area contributed by atoms with Gasteiger partial charge in [-0.15, -0.1) is 0 Å². The van der Waals surface area contributed by atoms with Crippen molar-refractivity contribution in [3.63, 3.8) is 0 Å². The van der Waals surface area contributed by atoms with Crippen LogP contribution in [0.15, 0.2) is 53.3 Å². The summed E-state index contributed by atoms with van der Waals surface area (Å²) in [6.07, 6.45) is 3.80. The quantitative estimate of drug-likeness (QED) is 0.761. The van der Waals surface area contributed by atoms with Crippen LogP contribution in [0.1, 0.15) is 18.7 Å². The molecule has 1 unspecified atom stereocenters. The number of nitrogens with one attached hydrogen (secondary N) is 1. The number of halogens is 1. The average molecular weight is 289 g/mol. The van der Waals surface area contributed by atoms with Gasteiger partial charge in [-0.05, 0) is 42.6 Å². The van der Waals surface area contributed by atoms with Crippen LogP contribution in [-0.2, 0) is 6.54 Å². The van der Waals surface area contributed by atoms with Gasteiger partial charge < -0.3 is 14.3 Å². The van der Waals surface area contributed by atoms with E-state index in [1.54, 1.807) is 6.26 Å². The highest BCUT2D eigenvalue weighted by atomic mass is 35.5. The van der Waals surface area contributed by atoms with Crippen LogP contribution in [0.5, 0.6) is 0 Å². The fourth-order valence-electron chi connectivity index (χ4n) is 2.39. The topological polar surface area (TPSA) is 30.1 Å². The van der Waals surface area contributed by atoms with Gasteiger partial charge in [0.1, 0.15) is 5.76 Å². The van der Waals surface area contributed by atoms with Gasteiger partial charge in [0, 0.05) is 29.8 Å². The monoisotopic (exact) mass is 288 g/mol. The van der Waals surface area contributed by atoms with Crippen molar-refractivity contribution in [3.05, 3.63) is 59.6 Å². The van der Waals surface area contributed by atoms with Crippen LogP contribution in [-0.4, -0.2) is 11.1 Å². The molecule has 0 saturated heterocycles. The number of hydrogen-bond acceptors (Lipinski definition) is 2. The minimum atomic E-state index is 0.218. The van der Waals surface area contributed by atoms with Crippen molar-refractivity contribution >= 4 is 22.5 Å². The van der Waals surface area contributed by atoms with Crippen molar-refractivity contribution in [2.45, 2.75) is 19.5 Å². The maximum absolute atomic E-state index is 6.06. The van der Waals surface area contributed by atoms with Crippen molar-refractivity contribution in [1.82, 2.24) is 9.88 Å². The van der Waals surface area contributed by atoms with Gasteiger partial charge >= 0.3 is 0 Å². The number of rotatable bonds is 5. The first-order valence-electron chi connectivity index (χ1n) is 6.75. The average Bonchev–Trinajstić information content (AvgIpc) is 3.08. The van der Waals surface area contributed by atoms with Gasteiger partial charge in [-0.1, -0.05) is 17.7 Å². The highest BCUT2D eigenvalue weighted by molar-refractivity contribution is 6.31. The van der Waals surface area contributed by atoms with Crippen LogP contribution in [0, 0.1) is 0 Å². The molecule has 0 saturated carbocycles. The molecule has 0 bridgehead atoms. The molecular formula is C16H17ClN2O. The van der Waals surface area contributed by atoms with Crippen LogP contribution in [0.25, 0.3) is 10.9 Å². The molecule has 1 atom stereocenters. The highest BCUT2D eigenvalue weighted by Gasteiger charge is 2.07. The Morgan fingerprint density at radius 2 is 2.20 bits per heavy atom. The summed E-state index contributed by atoms with van der Waals surface area (Å²) >= 11 is 6.06. The molecule has 0 amide bonds. The number of nitrogens with zero attached hydrogens (tertiary/aromatic N) is 1. The molecule has 20 heavy (non-hydrogen) atoms. The van der Waals surface area contributed by atoms with Crippen molar-refractivity contribution in [2.24, 2.45) is 0 Å². The molecule has 0 spiro atoms. The Morgan fingerprint density at radius 3 is 3.00 bits per heavy atom. The Kier molecular flexibility index (Phi) is 3.81. The van der Waals surface area contributed by atoms with Gasteiger partial charge in [-0.25, -0.2) is 0 Å².